The number of nitrogens with one attached hydrogen (secondary N) is 1. The van der Waals surface area contributed by atoms with Crippen molar-refractivity contribution in [3.05, 3.63) is 34.4 Å². The summed E-state index contributed by atoms with van der Waals surface area (Å²) in [5, 5.41) is 2.37. The van der Waals surface area contributed by atoms with Crippen molar-refractivity contribution in [2.45, 2.75) is 58.3 Å². The minimum absolute atomic E-state index is 0.0805. The van der Waals surface area contributed by atoms with E-state index in [1.54, 1.807) is 4.90 Å². The summed E-state index contributed by atoms with van der Waals surface area (Å²) in [6, 6.07) is 3.68. The molecule has 3 amide bonds. The first-order chi connectivity index (χ1) is 14.3. The molecule has 1 atom stereocenters. The van der Waals surface area contributed by atoms with Crippen LogP contribution in [0.3, 0.4) is 0 Å². The van der Waals surface area contributed by atoms with E-state index in [9.17, 15) is 14.4 Å². The van der Waals surface area contributed by atoms with Gasteiger partial charge in [-0.05, 0) is 67.6 Å². The first-order valence-corrected chi connectivity index (χ1v) is 11.0. The Kier molecular flexibility index (Phi) is 4.71. The average Bonchev–Trinajstić information content (AvgIpc) is 3.22. The zero-order chi connectivity index (χ0) is 21.0. The van der Waals surface area contributed by atoms with Gasteiger partial charge in [0.2, 0.25) is 11.8 Å². The fourth-order valence-electron chi connectivity index (χ4n) is 5.51. The molecule has 1 aromatic carbocycles. The van der Waals surface area contributed by atoms with Gasteiger partial charge in [0.25, 0.3) is 5.91 Å². The van der Waals surface area contributed by atoms with Crippen LogP contribution in [0.2, 0.25) is 0 Å². The second-order valence-corrected chi connectivity index (χ2v) is 9.94. The predicted molar refractivity (Wildman–Crippen MR) is 111 cm³/mol. The van der Waals surface area contributed by atoms with Crippen molar-refractivity contribution in [3.63, 3.8) is 0 Å². The van der Waals surface area contributed by atoms with Crippen LogP contribution in [0, 0.1) is 5.41 Å². The number of amides is 3. The van der Waals surface area contributed by atoms with E-state index in [0.29, 0.717) is 18.4 Å². The summed E-state index contributed by atoms with van der Waals surface area (Å²) in [6.45, 7) is 8.10. The van der Waals surface area contributed by atoms with E-state index in [1.165, 1.54) is 24.0 Å². The summed E-state index contributed by atoms with van der Waals surface area (Å²) in [6.07, 6.45) is 3.15. The number of fused-ring (bicyclic) bond motifs is 2. The summed E-state index contributed by atoms with van der Waals surface area (Å²) in [7, 11) is 2.20. The van der Waals surface area contributed by atoms with E-state index in [4.69, 9.17) is 0 Å². The standard InChI is InChI=1S/C23H30N4O3/c1-23(5-7-25(2)8-6-23)14-26-11-15-9-17-13-27(19-3-4-20(28)24-21(19)29)22(30)18(17)10-16(15)12-26/h9-10,19H,3-8,11-14H2,1-2H3,(H,24,28,29). The number of nitrogens with zero attached hydrogens (tertiary/aromatic N) is 3. The molecule has 2 saturated heterocycles. The van der Waals surface area contributed by atoms with Gasteiger partial charge in [0.1, 0.15) is 6.04 Å². The molecule has 0 saturated carbocycles. The fraction of sp³-hybridized carbons (Fsp3) is 0.609. The molecule has 0 aliphatic carbocycles. The molecule has 4 aliphatic rings. The van der Waals surface area contributed by atoms with E-state index in [-0.39, 0.29) is 24.1 Å². The van der Waals surface area contributed by atoms with Crippen LogP contribution in [0.4, 0.5) is 0 Å². The molecule has 160 valence electrons. The van der Waals surface area contributed by atoms with E-state index in [2.05, 4.69) is 41.2 Å². The van der Waals surface area contributed by atoms with E-state index >= 15 is 0 Å². The zero-order valence-corrected chi connectivity index (χ0v) is 17.9. The van der Waals surface area contributed by atoms with Crippen LogP contribution in [-0.4, -0.2) is 65.1 Å². The first kappa shape index (κ1) is 19.7. The number of carbonyl (C=O) groups excluding carboxylic acids is 3. The molecule has 0 bridgehead atoms. The van der Waals surface area contributed by atoms with Crippen LogP contribution in [0.25, 0.3) is 0 Å². The number of rotatable bonds is 3. The van der Waals surface area contributed by atoms with E-state index in [1.807, 2.05) is 0 Å². The van der Waals surface area contributed by atoms with Crippen molar-refractivity contribution >= 4 is 17.7 Å². The average molecular weight is 411 g/mol. The van der Waals surface area contributed by atoms with Crippen molar-refractivity contribution in [2.75, 3.05) is 26.7 Å². The normalized spacial score (nSPS) is 26.7. The molecule has 30 heavy (non-hydrogen) atoms. The predicted octanol–water partition coefficient (Wildman–Crippen LogP) is 1.50. The third-order valence-corrected chi connectivity index (χ3v) is 7.43. The van der Waals surface area contributed by atoms with Crippen molar-refractivity contribution in [1.82, 2.24) is 20.0 Å². The Bertz CT molecular complexity index is 919. The Morgan fingerprint density at radius 1 is 1.03 bits per heavy atom. The topological polar surface area (TPSA) is 73.0 Å². The lowest BCUT2D eigenvalue weighted by Crippen LogP contribution is -2.52. The Morgan fingerprint density at radius 2 is 1.73 bits per heavy atom. The van der Waals surface area contributed by atoms with Gasteiger partial charge in [0.15, 0.2) is 0 Å². The third kappa shape index (κ3) is 3.44. The van der Waals surface area contributed by atoms with Crippen LogP contribution >= 0.6 is 0 Å². The summed E-state index contributed by atoms with van der Waals surface area (Å²) < 4.78 is 0. The van der Waals surface area contributed by atoms with Crippen LogP contribution in [0.5, 0.6) is 0 Å². The van der Waals surface area contributed by atoms with Gasteiger partial charge in [0.05, 0.1) is 0 Å². The smallest absolute Gasteiger partial charge is 0.255 e. The number of imide groups is 1. The lowest BCUT2D eigenvalue weighted by molar-refractivity contribution is -0.136. The van der Waals surface area contributed by atoms with Crippen molar-refractivity contribution in [3.8, 4) is 0 Å². The molecule has 0 spiro atoms. The number of likely N-dealkylation sites (tertiary alicyclic amines) is 1. The molecule has 1 unspecified atom stereocenters. The maximum absolute atomic E-state index is 13.0. The molecule has 4 heterocycles. The summed E-state index contributed by atoms with van der Waals surface area (Å²) in [5.74, 6) is -0.682. The van der Waals surface area contributed by atoms with Crippen molar-refractivity contribution in [2.24, 2.45) is 5.41 Å². The number of hydrogen-bond acceptors (Lipinski definition) is 5. The molecule has 0 radical (unpaired) electrons. The van der Waals surface area contributed by atoms with E-state index < -0.39 is 6.04 Å². The Balaban J connectivity index is 1.29. The number of carbonyl (C=O) groups is 3. The second-order valence-electron chi connectivity index (χ2n) is 9.94. The van der Waals surface area contributed by atoms with E-state index in [0.717, 1.165) is 43.9 Å². The van der Waals surface area contributed by atoms with Crippen LogP contribution in [0.15, 0.2) is 12.1 Å². The summed E-state index contributed by atoms with van der Waals surface area (Å²) >= 11 is 0. The highest BCUT2D eigenvalue weighted by Gasteiger charge is 2.40. The van der Waals surface area contributed by atoms with Crippen molar-refractivity contribution < 1.29 is 14.4 Å². The molecule has 2 fully saturated rings. The van der Waals surface area contributed by atoms with Gasteiger partial charge in [-0.2, -0.15) is 0 Å². The molecule has 4 aliphatic heterocycles. The second kappa shape index (κ2) is 7.17. The zero-order valence-electron chi connectivity index (χ0n) is 17.9. The minimum Gasteiger partial charge on any atom is -0.322 e. The first-order valence-electron chi connectivity index (χ1n) is 11.0. The maximum Gasteiger partial charge on any atom is 0.255 e. The molecular weight excluding hydrogens is 380 g/mol. The number of piperidine rings is 2. The molecule has 7 heteroatoms. The number of hydrogen-bond donors (Lipinski definition) is 1. The summed E-state index contributed by atoms with van der Waals surface area (Å²) in [4.78, 5) is 43.3. The molecule has 7 nitrogen and oxygen atoms in total. The lowest BCUT2D eigenvalue weighted by Gasteiger charge is -2.40. The molecular formula is C23H30N4O3. The molecule has 1 aromatic rings. The third-order valence-electron chi connectivity index (χ3n) is 7.43. The van der Waals surface area contributed by atoms with Gasteiger partial charge in [-0.25, -0.2) is 0 Å². The maximum atomic E-state index is 13.0. The largest absolute Gasteiger partial charge is 0.322 e. The van der Waals surface area contributed by atoms with Gasteiger partial charge in [-0.15, -0.1) is 0 Å². The number of benzene rings is 1. The fourth-order valence-corrected chi connectivity index (χ4v) is 5.51. The summed E-state index contributed by atoms with van der Waals surface area (Å²) in [5.41, 5.74) is 4.64. The van der Waals surface area contributed by atoms with Crippen LogP contribution in [0.1, 0.15) is 59.7 Å². The van der Waals surface area contributed by atoms with Crippen molar-refractivity contribution in [1.29, 1.82) is 0 Å². The Morgan fingerprint density at radius 3 is 2.43 bits per heavy atom. The highest BCUT2D eigenvalue weighted by Crippen LogP contribution is 2.37. The van der Waals surface area contributed by atoms with Crippen LogP contribution in [-0.2, 0) is 29.2 Å². The van der Waals surface area contributed by atoms with Crippen LogP contribution < -0.4 is 5.32 Å². The molecule has 5 rings (SSSR count). The van der Waals surface area contributed by atoms with Gasteiger partial charge >= 0.3 is 0 Å². The van der Waals surface area contributed by atoms with Gasteiger partial charge in [-0.3, -0.25) is 24.6 Å². The Labute approximate surface area is 177 Å². The molecule has 0 aromatic heterocycles. The Hall–Kier alpha value is -2.25. The minimum atomic E-state index is -0.543. The SMILES string of the molecule is CN1CCC(C)(CN2Cc3cc4c(cc3C2)C(=O)N(C2CCC(=O)NC2=O)C4)CC1. The van der Waals surface area contributed by atoms with Gasteiger partial charge in [0, 0.05) is 38.2 Å². The van der Waals surface area contributed by atoms with Gasteiger partial charge in [-0.1, -0.05) is 13.0 Å². The molecule has 1 N–H and O–H groups in total. The highest BCUT2D eigenvalue weighted by molar-refractivity contribution is 6.05. The highest BCUT2D eigenvalue weighted by atomic mass is 16.2. The monoisotopic (exact) mass is 410 g/mol. The quantitative estimate of drug-likeness (QED) is 0.765. The van der Waals surface area contributed by atoms with Gasteiger partial charge < -0.3 is 9.80 Å². The lowest BCUT2D eigenvalue weighted by atomic mass is 9.80.